The van der Waals surface area contributed by atoms with E-state index in [0.29, 0.717) is 29.6 Å². The molecule has 5 unspecified atom stereocenters. The van der Waals surface area contributed by atoms with Crippen molar-refractivity contribution in [3.63, 3.8) is 0 Å². The number of rotatable bonds is 10. The molecule has 0 heterocycles. The van der Waals surface area contributed by atoms with E-state index in [1.807, 2.05) is 0 Å². The normalized spacial score (nSPS) is 21.2. The van der Waals surface area contributed by atoms with Crippen LogP contribution >= 0.6 is 0 Å². The van der Waals surface area contributed by atoms with Crippen LogP contribution < -0.4 is 0 Å². The highest BCUT2D eigenvalue weighted by Gasteiger charge is 2.40. The Morgan fingerprint density at radius 2 is 1.25 bits per heavy atom. The molecule has 0 aliphatic rings. The van der Waals surface area contributed by atoms with Crippen LogP contribution in [0.15, 0.2) is 0 Å². The molecular weight excluding hydrogens is 295 g/mol. The summed E-state index contributed by atoms with van der Waals surface area (Å²) in [5, 5.41) is 9.68. The Kier molecular flexibility index (Phi) is 8.57. The maximum absolute atomic E-state index is 9.68. The lowest BCUT2D eigenvalue weighted by Crippen LogP contribution is -2.47. The summed E-state index contributed by atoms with van der Waals surface area (Å²) in [5.41, 5.74) is -0.144. The van der Waals surface area contributed by atoms with Gasteiger partial charge in [0.05, 0.1) is 6.61 Å². The Morgan fingerprint density at radius 3 is 1.62 bits per heavy atom. The molecule has 144 valence electrons. The quantitative estimate of drug-likeness (QED) is 0.589. The largest absolute Gasteiger partial charge is 0.396 e. The first-order chi connectivity index (χ1) is 10.6. The average Bonchev–Trinajstić information content (AvgIpc) is 2.49. The van der Waals surface area contributed by atoms with Crippen LogP contribution in [0.5, 0.6) is 0 Å². The highest BCUT2D eigenvalue weighted by Crippen LogP contribution is 2.40. The van der Waals surface area contributed by atoms with E-state index in [1.165, 1.54) is 0 Å². The first-order valence-electron chi connectivity index (χ1n) is 9.85. The van der Waals surface area contributed by atoms with Crippen LogP contribution in [0.3, 0.4) is 0 Å². The van der Waals surface area contributed by atoms with Crippen molar-refractivity contribution in [2.24, 2.45) is 40.4 Å². The van der Waals surface area contributed by atoms with E-state index in [-0.39, 0.29) is 22.9 Å². The molecule has 1 N–H and O–H groups in total. The van der Waals surface area contributed by atoms with E-state index < -0.39 is 0 Å². The van der Waals surface area contributed by atoms with E-state index in [4.69, 9.17) is 4.74 Å². The van der Waals surface area contributed by atoms with Crippen molar-refractivity contribution in [2.45, 2.75) is 81.7 Å². The summed E-state index contributed by atoms with van der Waals surface area (Å²) >= 11 is 0. The zero-order valence-corrected chi connectivity index (χ0v) is 18.7. The third-order valence-corrected chi connectivity index (χ3v) is 7.38. The Morgan fingerprint density at radius 1 is 0.792 bits per heavy atom. The summed E-state index contributed by atoms with van der Waals surface area (Å²) < 4.78 is 6.49. The van der Waals surface area contributed by atoms with Gasteiger partial charge in [0.2, 0.25) is 0 Å². The van der Waals surface area contributed by atoms with Crippen LogP contribution in [0.2, 0.25) is 0 Å². The summed E-state index contributed by atoms with van der Waals surface area (Å²) in [5.74, 6) is 2.73. The van der Waals surface area contributed by atoms with Crippen molar-refractivity contribution in [3.8, 4) is 0 Å². The molecule has 0 aliphatic heterocycles. The first kappa shape index (κ1) is 24.0. The molecule has 0 aromatic heterocycles. The summed E-state index contributed by atoms with van der Waals surface area (Å²) in [4.78, 5) is 0. The zero-order valence-electron chi connectivity index (χ0n) is 18.7. The molecule has 0 rings (SSSR count). The molecule has 3 heteroatoms. The number of hydrogen-bond donors (Lipinski definition) is 1. The van der Waals surface area contributed by atoms with Gasteiger partial charge >= 0.3 is 0 Å². The van der Waals surface area contributed by atoms with Crippen molar-refractivity contribution in [1.82, 2.24) is 0 Å². The second kappa shape index (κ2) is 8.58. The Bertz CT molecular complexity index is 374. The van der Waals surface area contributed by atoms with E-state index in [2.05, 4.69) is 84.0 Å². The SMILES string of the molecule is BC(C)(OCC(C)(C)C(C)C(C)C(C)C)C(C)C(C)C(C)(C)CO. The molecule has 0 spiro atoms. The maximum Gasteiger partial charge on any atom is 0.143 e. The van der Waals surface area contributed by atoms with Crippen LogP contribution in [0.4, 0.5) is 0 Å². The molecule has 0 aliphatic carbocycles. The number of aliphatic hydroxyl groups is 1. The minimum absolute atomic E-state index is 0.0883. The van der Waals surface area contributed by atoms with Gasteiger partial charge in [-0.25, -0.2) is 0 Å². The molecule has 0 fully saturated rings. The molecule has 24 heavy (non-hydrogen) atoms. The fraction of sp³-hybridized carbons (Fsp3) is 1.00. The van der Waals surface area contributed by atoms with Gasteiger partial charge < -0.3 is 9.84 Å². The molecular formula is C21H45BO2. The predicted molar refractivity (Wildman–Crippen MR) is 109 cm³/mol. The number of aliphatic hydroxyl groups excluding tert-OH is 1. The Labute approximate surface area is 153 Å². The molecule has 0 aromatic carbocycles. The van der Waals surface area contributed by atoms with Crippen LogP contribution in [-0.4, -0.2) is 31.7 Å². The minimum Gasteiger partial charge on any atom is -0.396 e. The number of ether oxygens (including phenoxy) is 1. The van der Waals surface area contributed by atoms with Gasteiger partial charge in [-0.3, -0.25) is 0 Å². The summed E-state index contributed by atoms with van der Waals surface area (Å²) in [7, 11) is 2.20. The van der Waals surface area contributed by atoms with E-state index in [1.54, 1.807) is 0 Å². The van der Waals surface area contributed by atoms with E-state index >= 15 is 0 Å². The maximum atomic E-state index is 9.68. The summed E-state index contributed by atoms with van der Waals surface area (Å²) in [6, 6.07) is 0. The lowest BCUT2D eigenvalue weighted by atomic mass is 9.62. The monoisotopic (exact) mass is 340 g/mol. The van der Waals surface area contributed by atoms with Gasteiger partial charge in [0.25, 0.3) is 0 Å². The summed E-state index contributed by atoms with van der Waals surface area (Å²) in [6.07, 6.45) is 0. The van der Waals surface area contributed by atoms with Crippen LogP contribution in [0.1, 0.15) is 76.2 Å². The van der Waals surface area contributed by atoms with Gasteiger partial charge in [0, 0.05) is 12.1 Å². The molecule has 0 bridgehead atoms. The van der Waals surface area contributed by atoms with Gasteiger partial charge in [-0.15, -0.1) is 0 Å². The molecule has 0 saturated carbocycles. The lowest BCUT2D eigenvalue weighted by molar-refractivity contribution is -0.0885. The van der Waals surface area contributed by atoms with Crippen LogP contribution in [-0.2, 0) is 4.74 Å². The van der Waals surface area contributed by atoms with Crippen LogP contribution in [0, 0.1) is 40.4 Å². The minimum atomic E-state index is -0.204. The second-order valence-corrected chi connectivity index (χ2v) is 10.5. The van der Waals surface area contributed by atoms with Gasteiger partial charge in [-0.1, -0.05) is 69.2 Å². The van der Waals surface area contributed by atoms with Gasteiger partial charge in [0.1, 0.15) is 7.85 Å². The molecule has 0 aromatic rings. The average molecular weight is 340 g/mol. The van der Waals surface area contributed by atoms with E-state index in [9.17, 15) is 5.11 Å². The first-order valence-corrected chi connectivity index (χ1v) is 9.85. The highest BCUT2D eigenvalue weighted by molar-refractivity contribution is 6.14. The summed E-state index contributed by atoms with van der Waals surface area (Å²) in [6.45, 7) is 26.0. The fourth-order valence-corrected chi connectivity index (χ4v) is 3.35. The lowest BCUT2D eigenvalue weighted by Gasteiger charge is -2.45. The highest BCUT2D eigenvalue weighted by atomic mass is 16.5. The second-order valence-electron chi connectivity index (χ2n) is 10.5. The smallest absolute Gasteiger partial charge is 0.143 e. The molecule has 0 radical (unpaired) electrons. The standard InChI is InChI=1S/C21H45BO2/c1-14(2)15(3)16(4)20(9,10)13-24-21(11,22)18(6)17(5)19(7,8)12-23/h14-18,23H,12-13,22H2,1-11H3. The Balaban J connectivity index is 4.99. The van der Waals surface area contributed by atoms with Crippen molar-refractivity contribution in [1.29, 1.82) is 0 Å². The third kappa shape index (κ3) is 6.06. The van der Waals surface area contributed by atoms with Crippen molar-refractivity contribution in [3.05, 3.63) is 0 Å². The molecule has 2 nitrogen and oxygen atoms in total. The van der Waals surface area contributed by atoms with Crippen molar-refractivity contribution < 1.29 is 9.84 Å². The molecule has 5 atom stereocenters. The van der Waals surface area contributed by atoms with Gasteiger partial charge in [0.15, 0.2) is 0 Å². The third-order valence-electron chi connectivity index (χ3n) is 7.38. The van der Waals surface area contributed by atoms with Gasteiger partial charge in [-0.2, -0.15) is 0 Å². The van der Waals surface area contributed by atoms with Crippen molar-refractivity contribution in [2.75, 3.05) is 13.2 Å². The van der Waals surface area contributed by atoms with E-state index in [0.717, 1.165) is 6.61 Å². The number of hydrogen-bond acceptors (Lipinski definition) is 2. The topological polar surface area (TPSA) is 29.5 Å². The predicted octanol–water partition coefficient (Wildman–Crippen LogP) is 4.60. The molecule has 0 amide bonds. The Hall–Kier alpha value is -0.0151. The molecule has 0 saturated heterocycles. The van der Waals surface area contributed by atoms with Crippen molar-refractivity contribution >= 4 is 7.85 Å². The zero-order chi connectivity index (χ0) is 19.5. The van der Waals surface area contributed by atoms with Gasteiger partial charge in [-0.05, 0) is 47.3 Å². The van der Waals surface area contributed by atoms with Crippen LogP contribution in [0.25, 0.3) is 0 Å². The fourth-order valence-electron chi connectivity index (χ4n) is 3.35.